The molecule has 0 radical (unpaired) electrons. The molecule has 0 spiro atoms. The van der Waals surface area contributed by atoms with Gasteiger partial charge in [-0.2, -0.15) is 0 Å². The molecule has 2 heterocycles. The van der Waals surface area contributed by atoms with Gasteiger partial charge in [0.2, 0.25) is 5.91 Å². The third-order valence-corrected chi connectivity index (χ3v) is 6.87. The molecule has 0 aromatic heterocycles. The molecule has 0 unspecified atom stereocenters. The van der Waals surface area contributed by atoms with Crippen LogP contribution >= 0.6 is 0 Å². The number of ether oxygens (including phenoxy) is 1. The smallest absolute Gasteiger partial charge is 0.223 e. The summed E-state index contributed by atoms with van der Waals surface area (Å²) in [5, 5.41) is 3.12. The molecule has 2 aromatic carbocycles. The van der Waals surface area contributed by atoms with E-state index in [-0.39, 0.29) is 11.8 Å². The first-order valence-corrected chi connectivity index (χ1v) is 11.6. The van der Waals surface area contributed by atoms with E-state index in [1.807, 2.05) is 24.3 Å². The standard InChI is InChI=1S/C26H35N3O2/c1-31-25-10-6-5-9-23(25)19-27-26(30)22-11-17-29(18-12-22)24-13-15-28(16-14-24)20-21-7-3-2-4-8-21/h2-10,22,24H,11-20H2,1H3,(H,27,30). The fourth-order valence-electron chi connectivity index (χ4n) is 4.99. The number of benzene rings is 2. The topological polar surface area (TPSA) is 44.8 Å². The molecule has 0 aliphatic carbocycles. The highest BCUT2D eigenvalue weighted by atomic mass is 16.5. The lowest BCUT2D eigenvalue weighted by Crippen LogP contribution is -2.49. The number of carbonyl (C=O) groups excluding carboxylic acids is 1. The Bertz CT molecular complexity index is 826. The molecule has 1 N–H and O–H groups in total. The van der Waals surface area contributed by atoms with Gasteiger partial charge in [-0.15, -0.1) is 0 Å². The molecule has 0 atom stereocenters. The summed E-state index contributed by atoms with van der Waals surface area (Å²) in [7, 11) is 1.67. The minimum Gasteiger partial charge on any atom is -0.496 e. The maximum Gasteiger partial charge on any atom is 0.223 e. The van der Waals surface area contributed by atoms with E-state index in [1.165, 1.54) is 31.5 Å². The number of nitrogens with zero attached hydrogens (tertiary/aromatic N) is 2. The van der Waals surface area contributed by atoms with Crippen molar-refractivity contribution >= 4 is 5.91 Å². The Labute approximate surface area is 186 Å². The van der Waals surface area contributed by atoms with Crippen LogP contribution in [0, 0.1) is 5.92 Å². The van der Waals surface area contributed by atoms with Crippen molar-refractivity contribution < 1.29 is 9.53 Å². The summed E-state index contributed by atoms with van der Waals surface area (Å²) in [6.45, 7) is 5.99. The summed E-state index contributed by atoms with van der Waals surface area (Å²) in [6.07, 6.45) is 4.39. The molecule has 2 aliphatic rings. The molecule has 2 fully saturated rings. The van der Waals surface area contributed by atoms with Crippen LogP contribution in [0.4, 0.5) is 0 Å². The van der Waals surface area contributed by atoms with Crippen molar-refractivity contribution in [3.8, 4) is 5.75 Å². The molecule has 2 saturated heterocycles. The van der Waals surface area contributed by atoms with Gasteiger partial charge in [0.25, 0.3) is 0 Å². The normalized spacial score (nSPS) is 19.3. The number of rotatable bonds is 7. The second kappa shape index (κ2) is 10.8. The van der Waals surface area contributed by atoms with Crippen LogP contribution < -0.4 is 10.1 Å². The first kappa shape index (κ1) is 21.8. The van der Waals surface area contributed by atoms with Gasteiger partial charge in [-0.25, -0.2) is 0 Å². The zero-order valence-electron chi connectivity index (χ0n) is 18.6. The Kier molecular flexibility index (Phi) is 7.60. The van der Waals surface area contributed by atoms with Crippen LogP contribution in [0.15, 0.2) is 54.6 Å². The van der Waals surface area contributed by atoms with E-state index >= 15 is 0 Å². The van der Waals surface area contributed by atoms with E-state index in [4.69, 9.17) is 4.74 Å². The van der Waals surface area contributed by atoms with Crippen LogP contribution in [0.5, 0.6) is 5.75 Å². The Morgan fingerprint density at radius 3 is 2.32 bits per heavy atom. The van der Waals surface area contributed by atoms with Crippen molar-refractivity contribution in [1.29, 1.82) is 0 Å². The second-order valence-corrected chi connectivity index (χ2v) is 8.83. The Hall–Kier alpha value is -2.37. The predicted molar refractivity (Wildman–Crippen MR) is 124 cm³/mol. The number of methoxy groups -OCH3 is 1. The molecule has 5 heteroatoms. The number of para-hydroxylation sites is 1. The van der Waals surface area contributed by atoms with Gasteiger partial charge in [0, 0.05) is 30.6 Å². The maximum atomic E-state index is 12.7. The molecule has 4 rings (SSSR count). The van der Waals surface area contributed by atoms with Crippen LogP contribution in [0.2, 0.25) is 0 Å². The van der Waals surface area contributed by atoms with Gasteiger partial charge in [-0.1, -0.05) is 48.5 Å². The van der Waals surface area contributed by atoms with Crippen molar-refractivity contribution in [1.82, 2.24) is 15.1 Å². The second-order valence-electron chi connectivity index (χ2n) is 8.83. The lowest BCUT2D eigenvalue weighted by Gasteiger charge is -2.41. The minimum absolute atomic E-state index is 0.129. The Morgan fingerprint density at radius 1 is 0.935 bits per heavy atom. The Morgan fingerprint density at radius 2 is 1.61 bits per heavy atom. The number of carbonyl (C=O) groups is 1. The minimum atomic E-state index is 0.129. The van der Waals surface area contributed by atoms with Crippen molar-refractivity contribution in [3.05, 3.63) is 65.7 Å². The zero-order valence-corrected chi connectivity index (χ0v) is 18.6. The molecule has 2 aliphatic heterocycles. The highest BCUT2D eigenvalue weighted by Gasteiger charge is 2.30. The van der Waals surface area contributed by atoms with E-state index in [0.29, 0.717) is 12.6 Å². The SMILES string of the molecule is COc1ccccc1CNC(=O)C1CCN(C2CCN(Cc3ccccc3)CC2)CC1. The summed E-state index contributed by atoms with van der Waals surface area (Å²) < 4.78 is 5.38. The zero-order chi connectivity index (χ0) is 21.5. The lowest BCUT2D eigenvalue weighted by atomic mass is 9.92. The van der Waals surface area contributed by atoms with Crippen LogP contribution in [-0.2, 0) is 17.9 Å². The summed E-state index contributed by atoms with van der Waals surface area (Å²) in [4.78, 5) is 17.9. The average molecular weight is 422 g/mol. The van der Waals surface area contributed by atoms with Gasteiger partial charge in [-0.3, -0.25) is 9.69 Å². The average Bonchev–Trinajstić information content (AvgIpc) is 2.84. The highest BCUT2D eigenvalue weighted by Crippen LogP contribution is 2.25. The summed E-state index contributed by atoms with van der Waals surface area (Å²) >= 11 is 0. The van der Waals surface area contributed by atoms with E-state index in [0.717, 1.165) is 43.8 Å². The highest BCUT2D eigenvalue weighted by molar-refractivity contribution is 5.78. The summed E-state index contributed by atoms with van der Waals surface area (Å²) in [5.74, 6) is 1.14. The molecule has 166 valence electrons. The summed E-state index contributed by atoms with van der Waals surface area (Å²) in [5.41, 5.74) is 2.43. The van der Waals surface area contributed by atoms with E-state index in [2.05, 4.69) is 45.4 Å². The molecular formula is C26H35N3O2. The van der Waals surface area contributed by atoms with Crippen molar-refractivity contribution in [2.45, 2.75) is 44.8 Å². The van der Waals surface area contributed by atoms with Crippen LogP contribution in [-0.4, -0.2) is 55.0 Å². The van der Waals surface area contributed by atoms with Gasteiger partial charge in [-0.05, 0) is 63.5 Å². The van der Waals surface area contributed by atoms with Gasteiger partial charge >= 0.3 is 0 Å². The Balaban J connectivity index is 1.18. The first-order valence-electron chi connectivity index (χ1n) is 11.6. The number of likely N-dealkylation sites (tertiary alicyclic amines) is 2. The van der Waals surface area contributed by atoms with Gasteiger partial charge < -0.3 is 15.0 Å². The quantitative estimate of drug-likeness (QED) is 0.741. The van der Waals surface area contributed by atoms with Crippen LogP contribution in [0.1, 0.15) is 36.8 Å². The molecule has 5 nitrogen and oxygen atoms in total. The molecule has 0 saturated carbocycles. The molecule has 0 bridgehead atoms. The van der Waals surface area contributed by atoms with Gasteiger partial charge in [0.05, 0.1) is 7.11 Å². The van der Waals surface area contributed by atoms with E-state index < -0.39 is 0 Å². The molecule has 1 amide bonds. The third-order valence-electron chi connectivity index (χ3n) is 6.87. The van der Waals surface area contributed by atoms with Crippen molar-refractivity contribution in [2.24, 2.45) is 5.92 Å². The third kappa shape index (κ3) is 5.86. The number of nitrogens with one attached hydrogen (secondary N) is 1. The van der Waals surface area contributed by atoms with Crippen molar-refractivity contribution in [2.75, 3.05) is 33.3 Å². The van der Waals surface area contributed by atoms with Gasteiger partial charge in [0.1, 0.15) is 5.75 Å². The predicted octanol–water partition coefficient (Wildman–Crippen LogP) is 3.69. The monoisotopic (exact) mass is 421 g/mol. The fraction of sp³-hybridized carbons (Fsp3) is 0.500. The maximum absolute atomic E-state index is 12.7. The molecular weight excluding hydrogens is 386 g/mol. The van der Waals surface area contributed by atoms with Crippen LogP contribution in [0.3, 0.4) is 0 Å². The molecule has 2 aromatic rings. The first-order chi connectivity index (χ1) is 15.2. The van der Waals surface area contributed by atoms with Crippen LogP contribution in [0.25, 0.3) is 0 Å². The number of hydrogen-bond donors (Lipinski definition) is 1. The molecule has 31 heavy (non-hydrogen) atoms. The van der Waals surface area contributed by atoms with E-state index in [9.17, 15) is 4.79 Å². The fourth-order valence-corrected chi connectivity index (χ4v) is 4.99. The number of hydrogen-bond acceptors (Lipinski definition) is 4. The number of amides is 1. The number of piperidine rings is 2. The van der Waals surface area contributed by atoms with Crippen molar-refractivity contribution in [3.63, 3.8) is 0 Å². The van der Waals surface area contributed by atoms with Gasteiger partial charge in [0.15, 0.2) is 0 Å². The lowest BCUT2D eigenvalue weighted by molar-refractivity contribution is -0.126. The van der Waals surface area contributed by atoms with E-state index in [1.54, 1.807) is 7.11 Å². The summed E-state index contributed by atoms with van der Waals surface area (Å²) in [6, 6.07) is 19.3. The largest absolute Gasteiger partial charge is 0.496 e.